The van der Waals surface area contributed by atoms with Gasteiger partial charge in [-0.05, 0) is 6.07 Å². The van der Waals surface area contributed by atoms with Crippen LogP contribution in [0.2, 0.25) is 5.15 Å². The smallest absolute Gasteiger partial charge is 0.325 e. The van der Waals surface area contributed by atoms with Crippen LogP contribution >= 0.6 is 11.6 Å². The Morgan fingerprint density at radius 1 is 1.77 bits per heavy atom. The van der Waals surface area contributed by atoms with Gasteiger partial charge in [0.15, 0.2) is 0 Å². The third-order valence-corrected chi connectivity index (χ3v) is 1.75. The van der Waals surface area contributed by atoms with Crippen molar-refractivity contribution in [2.24, 2.45) is 5.73 Å². The molecule has 0 aliphatic heterocycles. The highest BCUT2D eigenvalue weighted by molar-refractivity contribution is 6.30. The maximum atomic E-state index is 12.6. The molecule has 0 amide bonds. The molecule has 0 aliphatic carbocycles. The number of aliphatic carboxylic acids is 1. The fraction of sp³-hybridized carbons (Fsp3) is 0.143. The zero-order valence-electron chi connectivity index (χ0n) is 6.37. The molecule has 0 radical (unpaired) electrons. The molecular weight excluding hydrogens is 199 g/mol. The van der Waals surface area contributed by atoms with Crippen LogP contribution in [0.5, 0.6) is 0 Å². The minimum atomic E-state index is -1.35. The maximum Gasteiger partial charge on any atom is 0.325 e. The van der Waals surface area contributed by atoms with Gasteiger partial charge in [-0.3, -0.25) is 4.79 Å². The molecule has 0 saturated carbocycles. The second kappa shape index (κ2) is 3.68. The molecule has 1 unspecified atom stereocenters. The topological polar surface area (TPSA) is 76.2 Å². The molecule has 0 aromatic carbocycles. The molecule has 1 rings (SSSR count). The first-order chi connectivity index (χ1) is 6.02. The Balaban J connectivity index is 3.12. The van der Waals surface area contributed by atoms with E-state index in [0.717, 1.165) is 12.3 Å². The summed E-state index contributed by atoms with van der Waals surface area (Å²) in [6.45, 7) is 0. The van der Waals surface area contributed by atoms with E-state index < -0.39 is 17.8 Å². The Kier molecular flexibility index (Phi) is 2.79. The van der Waals surface area contributed by atoms with Crippen LogP contribution in [0.3, 0.4) is 0 Å². The van der Waals surface area contributed by atoms with Crippen molar-refractivity contribution in [1.82, 2.24) is 4.98 Å². The van der Waals surface area contributed by atoms with E-state index >= 15 is 0 Å². The average Bonchev–Trinajstić information content (AvgIpc) is 2.08. The predicted octanol–water partition coefficient (Wildman–Crippen LogP) is 0.959. The highest BCUT2D eigenvalue weighted by Crippen LogP contribution is 2.19. The number of carboxylic acid groups (broad SMARTS) is 1. The van der Waals surface area contributed by atoms with E-state index in [2.05, 4.69) is 4.98 Å². The summed E-state index contributed by atoms with van der Waals surface area (Å²) in [5, 5.41) is 8.42. The summed E-state index contributed by atoms with van der Waals surface area (Å²) in [5.41, 5.74) is 5.18. The maximum absolute atomic E-state index is 12.6. The minimum Gasteiger partial charge on any atom is -0.480 e. The van der Waals surface area contributed by atoms with Crippen LogP contribution in [-0.4, -0.2) is 16.1 Å². The Bertz CT molecular complexity index is 345. The molecule has 1 atom stereocenters. The third kappa shape index (κ3) is 2.13. The van der Waals surface area contributed by atoms with Gasteiger partial charge in [0.1, 0.15) is 17.0 Å². The van der Waals surface area contributed by atoms with Crippen molar-refractivity contribution in [3.8, 4) is 0 Å². The zero-order valence-corrected chi connectivity index (χ0v) is 7.12. The van der Waals surface area contributed by atoms with Crippen LogP contribution in [0.15, 0.2) is 12.3 Å². The molecule has 0 bridgehead atoms. The fourth-order valence-electron chi connectivity index (χ4n) is 0.789. The van der Waals surface area contributed by atoms with Gasteiger partial charge in [0.2, 0.25) is 0 Å². The normalized spacial score (nSPS) is 12.5. The van der Waals surface area contributed by atoms with Crippen molar-refractivity contribution in [2.75, 3.05) is 0 Å². The SMILES string of the molecule is NC(C(=O)O)c1cc(F)cnc1Cl. The number of carbonyl (C=O) groups is 1. The Labute approximate surface area is 78.1 Å². The number of hydrogen-bond acceptors (Lipinski definition) is 3. The van der Waals surface area contributed by atoms with Gasteiger partial charge in [0.25, 0.3) is 0 Å². The number of aromatic nitrogens is 1. The molecule has 6 heteroatoms. The Morgan fingerprint density at radius 2 is 2.38 bits per heavy atom. The van der Waals surface area contributed by atoms with E-state index in [9.17, 15) is 9.18 Å². The highest BCUT2D eigenvalue weighted by Gasteiger charge is 2.18. The van der Waals surface area contributed by atoms with Crippen molar-refractivity contribution in [3.05, 3.63) is 28.8 Å². The van der Waals surface area contributed by atoms with E-state index in [4.69, 9.17) is 22.4 Å². The lowest BCUT2D eigenvalue weighted by Gasteiger charge is -2.07. The zero-order chi connectivity index (χ0) is 10.0. The lowest BCUT2D eigenvalue weighted by Crippen LogP contribution is -2.21. The third-order valence-electron chi connectivity index (χ3n) is 1.43. The summed E-state index contributed by atoms with van der Waals surface area (Å²) < 4.78 is 12.6. The molecule has 0 fully saturated rings. The molecule has 0 spiro atoms. The first kappa shape index (κ1) is 9.88. The van der Waals surface area contributed by atoms with E-state index in [1.807, 2.05) is 0 Å². The van der Waals surface area contributed by atoms with Gasteiger partial charge >= 0.3 is 5.97 Å². The van der Waals surface area contributed by atoms with Gasteiger partial charge in [-0.25, -0.2) is 9.37 Å². The first-order valence-corrected chi connectivity index (χ1v) is 3.69. The van der Waals surface area contributed by atoms with Crippen molar-refractivity contribution in [2.45, 2.75) is 6.04 Å². The van der Waals surface area contributed by atoms with Crippen molar-refractivity contribution >= 4 is 17.6 Å². The number of nitrogens with zero attached hydrogens (tertiary/aromatic N) is 1. The van der Waals surface area contributed by atoms with Gasteiger partial charge in [-0.2, -0.15) is 0 Å². The second-order valence-electron chi connectivity index (χ2n) is 2.35. The van der Waals surface area contributed by atoms with Crippen LogP contribution in [0.4, 0.5) is 4.39 Å². The Hall–Kier alpha value is -1.20. The van der Waals surface area contributed by atoms with Gasteiger partial charge in [0, 0.05) is 5.56 Å². The minimum absolute atomic E-state index is 0.0332. The molecule has 1 aromatic rings. The molecule has 4 nitrogen and oxygen atoms in total. The van der Waals surface area contributed by atoms with E-state index in [-0.39, 0.29) is 10.7 Å². The fourth-order valence-corrected chi connectivity index (χ4v) is 1.01. The first-order valence-electron chi connectivity index (χ1n) is 3.31. The van der Waals surface area contributed by atoms with Gasteiger partial charge in [-0.15, -0.1) is 0 Å². The molecule has 1 aromatic heterocycles. The summed E-state index contributed by atoms with van der Waals surface area (Å²) >= 11 is 5.51. The molecule has 70 valence electrons. The van der Waals surface area contributed by atoms with E-state index in [0.29, 0.717) is 0 Å². The van der Waals surface area contributed by atoms with Crippen LogP contribution in [0.1, 0.15) is 11.6 Å². The van der Waals surface area contributed by atoms with Crippen LogP contribution in [-0.2, 0) is 4.79 Å². The average molecular weight is 205 g/mol. The van der Waals surface area contributed by atoms with E-state index in [1.165, 1.54) is 0 Å². The lowest BCUT2D eigenvalue weighted by atomic mass is 10.1. The standard InChI is InChI=1S/C7H6ClFN2O2/c8-6-4(5(10)7(12)13)1-3(9)2-11-6/h1-2,5H,10H2,(H,12,13). The van der Waals surface area contributed by atoms with Crippen molar-refractivity contribution < 1.29 is 14.3 Å². The molecule has 13 heavy (non-hydrogen) atoms. The summed E-state index contributed by atoms with van der Waals surface area (Å²) in [7, 11) is 0. The summed E-state index contributed by atoms with van der Waals surface area (Å²) in [6, 6.07) is -0.399. The summed E-state index contributed by atoms with van der Waals surface area (Å²) in [4.78, 5) is 13.9. The largest absolute Gasteiger partial charge is 0.480 e. The van der Waals surface area contributed by atoms with Gasteiger partial charge in [-0.1, -0.05) is 11.6 Å². The molecule has 1 heterocycles. The molecular formula is C7H6ClFN2O2. The van der Waals surface area contributed by atoms with Crippen molar-refractivity contribution in [1.29, 1.82) is 0 Å². The monoisotopic (exact) mass is 204 g/mol. The summed E-state index contributed by atoms with van der Waals surface area (Å²) in [6.07, 6.45) is 0.889. The van der Waals surface area contributed by atoms with Crippen LogP contribution in [0.25, 0.3) is 0 Å². The van der Waals surface area contributed by atoms with Gasteiger partial charge < -0.3 is 10.8 Å². The van der Waals surface area contributed by atoms with Crippen LogP contribution in [0, 0.1) is 5.82 Å². The van der Waals surface area contributed by atoms with E-state index in [1.54, 1.807) is 0 Å². The van der Waals surface area contributed by atoms with Crippen molar-refractivity contribution in [3.63, 3.8) is 0 Å². The second-order valence-corrected chi connectivity index (χ2v) is 2.71. The number of rotatable bonds is 2. The quantitative estimate of drug-likeness (QED) is 0.704. The number of hydrogen-bond donors (Lipinski definition) is 2. The molecule has 3 N–H and O–H groups in total. The summed E-state index contributed by atoms with van der Waals surface area (Å²) in [5.74, 6) is -1.95. The number of nitrogens with two attached hydrogens (primary N) is 1. The number of halogens is 2. The number of pyridine rings is 1. The molecule has 0 saturated heterocycles. The predicted molar refractivity (Wildman–Crippen MR) is 43.8 cm³/mol. The lowest BCUT2D eigenvalue weighted by molar-refractivity contribution is -0.138. The highest BCUT2D eigenvalue weighted by atomic mass is 35.5. The van der Waals surface area contributed by atoms with Gasteiger partial charge in [0.05, 0.1) is 6.20 Å². The molecule has 0 aliphatic rings. The number of carboxylic acids is 1. The van der Waals surface area contributed by atoms with Crippen LogP contribution < -0.4 is 5.73 Å². The Morgan fingerprint density at radius 3 is 2.92 bits per heavy atom.